The zero-order chi connectivity index (χ0) is 33.1. The molecule has 1 unspecified atom stereocenters. The van der Waals surface area contributed by atoms with Gasteiger partial charge in [0.05, 0.1) is 19.8 Å². The number of rotatable bonds is 28. The van der Waals surface area contributed by atoms with Crippen molar-refractivity contribution in [3.63, 3.8) is 0 Å². The molecule has 0 saturated heterocycles. The van der Waals surface area contributed by atoms with Crippen molar-refractivity contribution >= 4 is 19.8 Å². The van der Waals surface area contributed by atoms with Crippen LogP contribution in [0.2, 0.25) is 0 Å². The number of hydrogen-bond donors (Lipinski definition) is 3. The minimum atomic E-state index is -4.17. The molecule has 46 heavy (non-hydrogen) atoms. The molecular formula is C36H57N2O7P. The summed E-state index contributed by atoms with van der Waals surface area (Å²) in [6.45, 7) is 2.07. The zero-order valence-corrected chi connectivity index (χ0v) is 28.7. The Balaban J connectivity index is 1.66. The molecule has 0 radical (unpaired) electrons. The zero-order valence-electron chi connectivity index (χ0n) is 27.8. The summed E-state index contributed by atoms with van der Waals surface area (Å²) in [6.07, 6.45) is 18.8. The van der Waals surface area contributed by atoms with Crippen LogP contribution in [0.1, 0.15) is 121 Å². The quantitative estimate of drug-likeness (QED) is 0.0613. The minimum absolute atomic E-state index is 0.0462. The highest BCUT2D eigenvalue weighted by Crippen LogP contribution is 2.51. The average Bonchev–Trinajstić information content (AvgIpc) is 3.07. The number of amides is 2. The molecule has 2 aromatic carbocycles. The van der Waals surface area contributed by atoms with Gasteiger partial charge in [-0.25, -0.2) is 9.36 Å². The average molecular weight is 661 g/mol. The summed E-state index contributed by atoms with van der Waals surface area (Å²) in [5, 5.41) is 14.2. The van der Waals surface area contributed by atoms with Crippen molar-refractivity contribution in [1.82, 2.24) is 10.6 Å². The van der Waals surface area contributed by atoms with Gasteiger partial charge in [0.2, 0.25) is 5.91 Å². The fraction of sp³-hybridized carbons (Fsp3) is 0.611. The van der Waals surface area contributed by atoms with Crippen LogP contribution < -0.4 is 10.6 Å². The van der Waals surface area contributed by atoms with Crippen LogP contribution in [-0.4, -0.2) is 36.3 Å². The number of nitrogens with one attached hydrogen (secondary N) is 2. The van der Waals surface area contributed by atoms with E-state index in [2.05, 4.69) is 17.6 Å². The van der Waals surface area contributed by atoms with Crippen LogP contribution in [0.3, 0.4) is 0 Å². The molecule has 258 valence electrons. The van der Waals surface area contributed by atoms with Crippen molar-refractivity contribution in [3.8, 4) is 0 Å². The van der Waals surface area contributed by atoms with E-state index in [4.69, 9.17) is 13.6 Å². The van der Waals surface area contributed by atoms with Crippen LogP contribution in [-0.2, 0) is 36.1 Å². The van der Waals surface area contributed by atoms with Gasteiger partial charge in [-0.15, -0.1) is 0 Å². The normalized spacial score (nSPS) is 12.1. The van der Waals surface area contributed by atoms with Gasteiger partial charge in [0.1, 0.15) is 6.04 Å². The topological polar surface area (TPSA) is 123 Å². The summed E-state index contributed by atoms with van der Waals surface area (Å²) in [6, 6.07) is 17.0. The van der Waals surface area contributed by atoms with Gasteiger partial charge < -0.3 is 15.7 Å². The number of benzene rings is 2. The second-order valence-corrected chi connectivity index (χ2v) is 13.5. The summed E-state index contributed by atoms with van der Waals surface area (Å²) in [4.78, 5) is 24.2. The van der Waals surface area contributed by atoms with Gasteiger partial charge >= 0.3 is 13.9 Å². The predicted octanol–water partition coefficient (Wildman–Crippen LogP) is 9.56. The molecule has 2 amide bonds. The first-order chi connectivity index (χ1) is 22.4. The molecule has 0 fully saturated rings. The summed E-state index contributed by atoms with van der Waals surface area (Å²) in [7, 11) is -4.17. The fourth-order valence-electron chi connectivity index (χ4n) is 5.07. The van der Waals surface area contributed by atoms with Crippen LogP contribution in [0, 0.1) is 0 Å². The fourth-order valence-corrected chi connectivity index (χ4v) is 6.24. The second-order valence-electron chi connectivity index (χ2n) is 11.9. The van der Waals surface area contributed by atoms with E-state index >= 15 is 0 Å². The molecule has 2 aromatic rings. The second kappa shape index (κ2) is 25.4. The molecule has 0 bridgehead atoms. The van der Waals surface area contributed by atoms with Crippen LogP contribution in [0.4, 0.5) is 4.79 Å². The lowest BCUT2D eigenvalue weighted by molar-refractivity contribution is -0.123. The number of unbranched alkanes of at least 4 members (excludes halogenated alkanes) is 15. The minimum Gasteiger partial charge on any atom is -0.465 e. The summed E-state index contributed by atoms with van der Waals surface area (Å²) >= 11 is 0. The molecule has 3 N–H and O–H groups in total. The lowest BCUT2D eigenvalue weighted by Crippen LogP contribution is -2.49. The third-order valence-corrected chi connectivity index (χ3v) is 9.16. The molecule has 9 nitrogen and oxygen atoms in total. The third kappa shape index (κ3) is 19.7. The highest BCUT2D eigenvalue weighted by Gasteiger charge is 2.31. The molecule has 0 aliphatic heterocycles. The number of hydrogen-bond acceptors (Lipinski definition) is 6. The van der Waals surface area contributed by atoms with Crippen molar-refractivity contribution in [2.45, 2.75) is 129 Å². The Morgan fingerprint density at radius 1 is 0.652 bits per heavy atom. The van der Waals surface area contributed by atoms with E-state index in [0.29, 0.717) is 6.54 Å². The Kier molecular flexibility index (Phi) is 21.8. The molecule has 2 rings (SSSR count). The van der Waals surface area contributed by atoms with Crippen LogP contribution in [0.5, 0.6) is 0 Å². The molecule has 0 aromatic heterocycles. The summed E-state index contributed by atoms with van der Waals surface area (Å²) in [5.41, 5.74) is 1.51. The first-order valence-corrected chi connectivity index (χ1v) is 18.8. The first-order valence-electron chi connectivity index (χ1n) is 17.3. The Labute approximate surface area is 276 Å². The van der Waals surface area contributed by atoms with Crippen molar-refractivity contribution in [1.29, 1.82) is 0 Å². The van der Waals surface area contributed by atoms with E-state index in [1.165, 1.54) is 83.5 Å². The largest absolute Gasteiger partial charge is 0.475 e. The molecule has 0 heterocycles. The van der Waals surface area contributed by atoms with Crippen LogP contribution in [0.25, 0.3) is 0 Å². The van der Waals surface area contributed by atoms with E-state index in [-0.39, 0.29) is 13.2 Å². The maximum Gasteiger partial charge on any atom is 0.475 e. The standard InChI is InChI=1S/C36H57N2O7P/c1-2-3-4-5-6-7-8-9-10-11-12-13-14-15-16-23-28-37-35(39)34(38-36(40)41)31-45-46(42,43-29-32-24-19-17-20-25-32)44-30-33-26-21-18-22-27-33/h17-22,24-27,34,38H,2-16,23,28-31H2,1H3,(H,37,39)(H,40,41). The van der Waals surface area contributed by atoms with E-state index < -0.39 is 32.5 Å². The van der Waals surface area contributed by atoms with Crippen molar-refractivity contribution in [2.75, 3.05) is 13.2 Å². The monoisotopic (exact) mass is 660 g/mol. The molecule has 0 saturated carbocycles. The maximum absolute atomic E-state index is 13.5. The highest BCUT2D eigenvalue weighted by molar-refractivity contribution is 7.48. The van der Waals surface area contributed by atoms with E-state index in [1.807, 2.05) is 60.7 Å². The SMILES string of the molecule is CCCCCCCCCCCCCCCCCCNC(=O)C(COP(=O)(OCc1ccccc1)OCc1ccccc1)NC(=O)O. The smallest absolute Gasteiger partial charge is 0.465 e. The highest BCUT2D eigenvalue weighted by atomic mass is 31.2. The van der Waals surface area contributed by atoms with Crippen molar-refractivity contribution in [3.05, 3.63) is 71.8 Å². The van der Waals surface area contributed by atoms with Gasteiger partial charge in [-0.05, 0) is 17.5 Å². The number of carbonyl (C=O) groups is 2. The summed E-state index contributed by atoms with van der Waals surface area (Å²) in [5.74, 6) is -0.555. The molecule has 0 spiro atoms. The Morgan fingerprint density at radius 2 is 1.07 bits per heavy atom. The van der Waals surface area contributed by atoms with Crippen molar-refractivity contribution in [2.24, 2.45) is 0 Å². The van der Waals surface area contributed by atoms with E-state index in [0.717, 1.165) is 30.4 Å². The Morgan fingerprint density at radius 3 is 1.48 bits per heavy atom. The first kappa shape index (κ1) is 39.5. The number of carbonyl (C=O) groups excluding carboxylic acids is 1. The molecule has 10 heteroatoms. The number of carboxylic acid groups (broad SMARTS) is 1. The number of phosphoric acid groups is 1. The van der Waals surface area contributed by atoms with Crippen LogP contribution >= 0.6 is 7.82 Å². The Hall–Kier alpha value is -2.71. The van der Waals surface area contributed by atoms with Gasteiger partial charge in [-0.1, -0.05) is 164 Å². The van der Waals surface area contributed by atoms with Crippen molar-refractivity contribution < 1.29 is 32.8 Å². The Bertz CT molecular complexity index is 1060. The number of phosphoric ester groups is 1. The van der Waals surface area contributed by atoms with Gasteiger partial charge in [0.25, 0.3) is 0 Å². The summed E-state index contributed by atoms with van der Waals surface area (Å²) < 4.78 is 30.2. The molecule has 1 atom stereocenters. The van der Waals surface area contributed by atoms with Gasteiger partial charge in [-0.3, -0.25) is 18.4 Å². The van der Waals surface area contributed by atoms with E-state index in [1.54, 1.807) is 0 Å². The van der Waals surface area contributed by atoms with Gasteiger partial charge in [-0.2, -0.15) is 0 Å². The molecule has 0 aliphatic carbocycles. The molecule has 0 aliphatic rings. The molecular weight excluding hydrogens is 603 g/mol. The van der Waals surface area contributed by atoms with Crippen LogP contribution in [0.15, 0.2) is 60.7 Å². The van der Waals surface area contributed by atoms with Gasteiger partial charge in [0.15, 0.2) is 0 Å². The third-order valence-electron chi connectivity index (χ3n) is 7.81. The maximum atomic E-state index is 13.5. The van der Waals surface area contributed by atoms with E-state index in [9.17, 15) is 19.3 Å². The lowest BCUT2D eigenvalue weighted by Gasteiger charge is -2.22. The lowest BCUT2D eigenvalue weighted by atomic mass is 10.0. The van der Waals surface area contributed by atoms with Gasteiger partial charge in [0, 0.05) is 6.54 Å². The predicted molar refractivity (Wildman–Crippen MR) is 184 cm³/mol.